The number of benzene rings is 1. The summed E-state index contributed by atoms with van der Waals surface area (Å²) in [6.45, 7) is 6.07. The maximum Gasteiger partial charge on any atom is 0.242 e. The number of hydrogen-bond donors (Lipinski definition) is 0. The second kappa shape index (κ2) is 12.6. The van der Waals surface area contributed by atoms with Crippen LogP contribution in [0.3, 0.4) is 0 Å². The highest BCUT2D eigenvalue weighted by molar-refractivity contribution is 5.85. The fraction of sp³-hybridized carbons (Fsp3) is 0.556. The molecule has 3 rings (SSSR count). The monoisotopic (exact) mass is 453 g/mol. The van der Waals surface area contributed by atoms with E-state index >= 15 is 0 Å². The second-order valence-corrected chi connectivity index (χ2v) is 9.33. The van der Waals surface area contributed by atoms with Crippen LogP contribution in [-0.4, -0.2) is 59.0 Å². The fourth-order valence-electron chi connectivity index (χ4n) is 4.60. The summed E-state index contributed by atoms with van der Waals surface area (Å²) >= 11 is 0. The number of nitrogens with zero attached hydrogens (tertiary/aromatic N) is 3. The van der Waals surface area contributed by atoms with E-state index in [1.165, 1.54) is 12.0 Å². The van der Waals surface area contributed by atoms with Crippen LogP contribution in [0.2, 0.25) is 0 Å². The lowest BCUT2D eigenvalue weighted by Gasteiger charge is -2.36. The maximum absolute atomic E-state index is 13.6. The van der Waals surface area contributed by atoms with E-state index in [0.29, 0.717) is 19.7 Å². The molecule has 0 unspecified atom stereocenters. The first-order valence-corrected chi connectivity index (χ1v) is 12.2. The molecular weight excluding hydrogens is 414 g/mol. The maximum atomic E-state index is 13.6. The highest BCUT2D eigenvalue weighted by Gasteiger charge is 2.29. The molecule has 6 nitrogen and oxygen atoms in total. The molecule has 0 spiro atoms. The van der Waals surface area contributed by atoms with Crippen LogP contribution < -0.4 is 0 Å². The van der Waals surface area contributed by atoms with Gasteiger partial charge in [0.25, 0.3) is 0 Å². The Kier molecular flexibility index (Phi) is 9.55. The summed E-state index contributed by atoms with van der Waals surface area (Å²) in [4.78, 5) is 30.1. The van der Waals surface area contributed by atoms with Crippen LogP contribution in [0.1, 0.15) is 57.2 Å². The van der Waals surface area contributed by atoms with Gasteiger partial charge in [0.15, 0.2) is 0 Å². The van der Waals surface area contributed by atoms with Crippen molar-refractivity contribution in [1.29, 1.82) is 0 Å². The van der Waals surface area contributed by atoms with Gasteiger partial charge in [-0.1, -0.05) is 63.4 Å². The minimum Gasteiger partial charge on any atom is -0.383 e. The fourth-order valence-corrected chi connectivity index (χ4v) is 4.60. The van der Waals surface area contributed by atoms with Gasteiger partial charge in [0.1, 0.15) is 0 Å². The Morgan fingerprint density at radius 3 is 2.45 bits per heavy atom. The quantitative estimate of drug-likeness (QED) is 0.509. The van der Waals surface area contributed by atoms with Crippen LogP contribution in [0.4, 0.5) is 0 Å². The van der Waals surface area contributed by atoms with Gasteiger partial charge >= 0.3 is 0 Å². The molecule has 1 aliphatic rings. The molecule has 1 fully saturated rings. The molecule has 1 heterocycles. The molecule has 33 heavy (non-hydrogen) atoms. The molecule has 0 radical (unpaired) electrons. The molecule has 0 aliphatic heterocycles. The van der Waals surface area contributed by atoms with Crippen molar-refractivity contribution >= 4 is 11.8 Å². The number of aromatic nitrogens is 1. The minimum atomic E-state index is -0.152. The number of carbonyl (C=O) groups excluding carboxylic acids is 2. The van der Waals surface area contributed by atoms with Gasteiger partial charge in [-0.05, 0) is 30.5 Å². The third kappa shape index (κ3) is 7.19. The van der Waals surface area contributed by atoms with E-state index in [1.54, 1.807) is 12.0 Å². The van der Waals surface area contributed by atoms with Crippen LogP contribution >= 0.6 is 0 Å². The molecule has 0 saturated heterocycles. The van der Waals surface area contributed by atoms with Crippen molar-refractivity contribution in [2.75, 3.05) is 26.8 Å². The average Bonchev–Trinajstić information content (AvgIpc) is 3.27. The van der Waals surface area contributed by atoms with Gasteiger partial charge in [-0.2, -0.15) is 0 Å². The summed E-state index contributed by atoms with van der Waals surface area (Å²) in [5.41, 5.74) is 2.36. The first-order valence-electron chi connectivity index (χ1n) is 12.2. The van der Waals surface area contributed by atoms with Crippen LogP contribution in [0.15, 0.2) is 48.7 Å². The summed E-state index contributed by atoms with van der Waals surface area (Å²) in [5, 5.41) is 0. The highest BCUT2D eigenvalue weighted by atomic mass is 16.5. The number of methoxy groups -OCH3 is 1. The molecule has 180 valence electrons. The number of ether oxygens (including phenoxy) is 1. The van der Waals surface area contributed by atoms with E-state index in [2.05, 4.69) is 47.2 Å². The van der Waals surface area contributed by atoms with E-state index in [-0.39, 0.29) is 30.3 Å². The molecule has 2 amide bonds. The summed E-state index contributed by atoms with van der Waals surface area (Å²) in [5.74, 6) is -0.128. The van der Waals surface area contributed by atoms with Crippen molar-refractivity contribution in [2.45, 2.75) is 65.1 Å². The van der Waals surface area contributed by atoms with E-state index < -0.39 is 0 Å². The average molecular weight is 454 g/mol. The van der Waals surface area contributed by atoms with E-state index in [9.17, 15) is 9.59 Å². The molecule has 1 aromatic heterocycles. The molecule has 6 heteroatoms. The lowest BCUT2D eigenvalue weighted by molar-refractivity contribution is -0.144. The van der Waals surface area contributed by atoms with Crippen LogP contribution in [0.25, 0.3) is 0 Å². The van der Waals surface area contributed by atoms with Gasteiger partial charge in [0.2, 0.25) is 11.8 Å². The summed E-state index contributed by atoms with van der Waals surface area (Å²) in [6.07, 6.45) is 7.67. The Labute approximate surface area is 198 Å². The zero-order valence-corrected chi connectivity index (χ0v) is 20.4. The normalized spacial score (nSPS) is 14.4. The highest BCUT2D eigenvalue weighted by Crippen LogP contribution is 2.25. The Morgan fingerprint density at radius 2 is 1.79 bits per heavy atom. The topological polar surface area (TPSA) is 54.8 Å². The van der Waals surface area contributed by atoms with Crippen molar-refractivity contribution in [3.05, 3.63) is 59.9 Å². The molecule has 0 atom stereocenters. The zero-order chi connectivity index (χ0) is 23.6. The molecule has 0 N–H and O–H groups in total. The molecule has 1 aromatic carbocycles. The van der Waals surface area contributed by atoms with Gasteiger partial charge in [-0.15, -0.1) is 0 Å². The predicted octanol–water partition coefficient (Wildman–Crippen LogP) is 4.33. The van der Waals surface area contributed by atoms with Crippen LogP contribution in [0.5, 0.6) is 0 Å². The molecule has 0 bridgehead atoms. The van der Waals surface area contributed by atoms with Crippen molar-refractivity contribution < 1.29 is 14.3 Å². The Morgan fingerprint density at radius 1 is 1.06 bits per heavy atom. The largest absolute Gasteiger partial charge is 0.383 e. The Balaban J connectivity index is 1.78. The van der Waals surface area contributed by atoms with Crippen LogP contribution in [0, 0.1) is 5.92 Å². The Bertz CT molecular complexity index is 872. The van der Waals surface area contributed by atoms with E-state index in [4.69, 9.17) is 4.74 Å². The predicted molar refractivity (Wildman–Crippen MR) is 131 cm³/mol. The van der Waals surface area contributed by atoms with Gasteiger partial charge in [0, 0.05) is 44.0 Å². The summed E-state index contributed by atoms with van der Waals surface area (Å²) in [6, 6.07) is 14.8. The first kappa shape index (κ1) is 25.0. The van der Waals surface area contributed by atoms with E-state index in [1.807, 2.05) is 24.8 Å². The Hall–Kier alpha value is -2.60. The van der Waals surface area contributed by atoms with Gasteiger partial charge in [0.05, 0.1) is 19.7 Å². The number of carbonyl (C=O) groups is 2. The number of hydrogen-bond acceptors (Lipinski definition) is 3. The third-order valence-electron chi connectivity index (χ3n) is 6.48. The van der Waals surface area contributed by atoms with Gasteiger partial charge in [-0.3, -0.25) is 9.59 Å². The summed E-state index contributed by atoms with van der Waals surface area (Å²) < 4.78 is 7.42. The number of amides is 2. The molecular formula is C27H39N3O3. The SMILES string of the molecule is COCCN(CC(=O)N(Cc1cccn1Cc1ccccc1)C1CCCCC1)C(=O)C(C)C. The second-order valence-electron chi connectivity index (χ2n) is 9.33. The smallest absolute Gasteiger partial charge is 0.242 e. The molecule has 1 saturated carbocycles. The van der Waals surface area contributed by atoms with Crippen molar-refractivity contribution in [3.63, 3.8) is 0 Å². The molecule has 1 aliphatic carbocycles. The third-order valence-corrected chi connectivity index (χ3v) is 6.48. The lowest BCUT2D eigenvalue weighted by atomic mass is 9.94. The van der Waals surface area contributed by atoms with E-state index in [0.717, 1.165) is 37.9 Å². The number of rotatable bonds is 11. The molecule has 2 aromatic rings. The summed E-state index contributed by atoms with van der Waals surface area (Å²) in [7, 11) is 1.62. The zero-order valence-electron chi connectivity index (χ0n) is 20.4. The standard InChI is InChI=1S/C27H39N3O3/c1-22(2)27(32)29(17-18-33-3)21-26(31)30(24-13-8-5-9-14-24)20-25-15-10-16-28(25)19-23-11-6-4-7-12-23/h4,6-7,10-12,15-16,22,24H,5,8-9,13-14,17-21H2,1-3H3. The first-order chi connectivity index (χ1) is 16.0. The van der Waals surface area contributed by atoms with Gasteiger partial charge in [-0.25, -0.2) is 0 Å². The van der Waals surface area contributed by atoms with Crippen molar-refractivity contribution in [3.8, 4) is 0 Å². The minimum absolute atomic E-state index is 0.00329. The van der Waals surface area contributed by atoms with Crippen LogP contribution in [-0.2, 0) is 27.4 Å². The van der Waals surface area contributed by atoms with Gasteiger partial charge < -0.3 is 19.1 Å². The van der Waals surface area contributed by atoms with Crippen molar-refractivity contribution in [2.24, 2.45) is 5.92 Å². The van der Waals surface area contributed by atoms with Crippen molar-refractivity contribution in [1.82, 2.24) is 14.4 Å². The lowest BCUT2D eigenvalue weighted by Crippen LogP contribution is -2.49.